The molecular formula is C25H30N4O2. The smallest absolute Gasteiger partial charge is 0.220 e. The summed E-state index contributed by atoms with van der Waals surface area (Å²) >= 11 is 0. The van der Waals surface area contributed by atoms with Gasteiger partial charge < -0.3 is 9.84 Å². The van der Waals surface area contributed by atoms with Crippen molar-refractivity contribution >= 4 is 5.91 Å². The molecule has 6 heteroatoms. The number of amides is 1. The maximum absolute atomic E-state index is 12.2. The molecule has 0 bridgehead atoms. The van der Waals surface area contributed by atoms with Gasteiger partial charge >= 0.3 is 0 Å². The number of hydrogen-bond donors (Lipinski definition) is 1. The van der Waals surface area contributed by atoms with Gasteiger partial charge in [0.2, 0.25) is 5.91 Å². The Bertz CT molecular complexity index is 1010. The van der Waals surface area contributed by atoms with Crippen LogP contribution in [0, 0.1) is 19.8 Å². The predicted molar refractivity (Wildman–Crippen MR) is 119 cm³/mol. The lowest BCUT2D eigenvalue weighted by Gasteiger charge is -2.29. The molecule has 0 atom stereocenters. The van der Waals surface area contributed by atoms with Gasteiger partial charge in [-0.2, -0.15) is 0 Å². The molecule has 1 N–H and O–H groups in total. The van der Waals surface area contributed by atoms with E-state index in [1.165, 1.54) is 5.56 Å². The fourth-order valence-electron chi connectivity index (χ4n) is 4.37. The molecular weight excluding hydrogens is 388 g/mol. The second-order valence-electron chi connectivity index (χ2n) is 8.56. The predicted octanol–water partition coefficient (Wildman–Crippen LogP) is 4.77. The van der Waals surface area contributed by atoms with Crippen molar-refractivity contribution < 1.29 is 9.32 Å². The number of hydrogen-bond acceptors (Lipinski definition) is 5. The number of rotatable bonds is 7. The number of nitrogens with zero attached hydrogens (tertiary/aromatic N) is 3. The monoisotopic (exact) mass is 418 g/mol. The molecule has 162 valence electrons. The summed E-state index contributed by atoms with van der Waals surface area (Å²) in [5.74, 6) is 2.56. The summed E-state index contributed by atoms with van der Waals surface area (Å²) in [5.41, 5.74) is 4.07. The molecule has 1 aliphatic carbocycles. The maximum atomic E-state index is 12.2. The molecule has 3 aromatic rings. The highest BCUT2D eigenvalue weighted by Crippen LogP contribution is 2.38. The van der Waals surface area contributed by atoms with Crippen molar-refractivity contribution in [2.24, 2.45) is 5.92 Å². The van der Waals surface area contributed by atoms with E-state index in [0.717, 1.165) is 67.2 Å². The number of nitrogens with one attached hydrogen (secondary N) is 1. The van der Waals surface area contributed by atoms with E-state index in [1.54, 1.807) is 0 Å². The molecule has 1 amide bonds. The number of carbonyl (C=O) groups is 1. The quantitative estimate of drug-likeness (QED) is 0.598. The van der Waals surface area contributed by atoms with E-state index >= 15 is 0 Å². The topological polar surface area (TPSA) is 80.9 Å². The summed E-state index contributed by atoms with van der Waals surface area (Å²) in [6.45, 7) is 4.61. The molecule has 1 aromatic carbocycles. The molecule has 2 heterocycles. The highest BCUT2D eigenvalue weighted by atomic mass is 16.5. The Morgan fingerprint density at radius 2 is 1.90 bits per heavy atom. The Kier molecular flexibility index (Phi) is 6.75. The summed E-state index contributed by atoms with van der Waals surface area (Å²) < 4.78 is 5.49. The molecule has 2 aromatic heterocycles. The third-order valence-corrected chi connectivity index (χ3v) is 6.14. The Hall–Kier alpha value is -3.02. The van der Waals surface area contributed by atoms with Gasteiger partial charge in [0.15, 0.2) is 5.76 Å². The molecule has 1 aliphatic rings. The SMILES string of the molecule is Cc1cc(-c2cnc(C)nc2C2CCC(CNC(=O)CCc3ccccc3)CC2)on1. The normalized spacial score (nSPS) is 18.6. The average molecular weight is 419 g/mol. The van der Waals surface area contributed by atoms with Crippen LogP contribution in [0.2, 0.25) is 0 Å². The van der Waals surface area contributed by atoms with Gasteiger partial charge in [-0.3, -0.25) is 4.79 Å². The molecule has 1 saturated carbocycles. The van der Waals surface area contributed by atoms with Crippen LogP contribution in [0.1, 0.15) is 60.8 Å². The molecule has 0 spiro atoms. The van der Waals surface area contributed by atoms with E-state index in [4.69, 9.17) is 9.51 Å². The lowest BCUT2D eigenvalue weighted by atomic mass is 9.79. The largest absolute Gasteiger partial charge is 0.356 e. The Balaban J connectivity index is 1.29. The van der Waals surface area contributed by atoms with Crippen LogP contribution in [0.4, 0.5) is 0 Å². The molecule has 31 heavy (non-hydrogen) atoms. The minimum atomic E-state index is 0.139. The summed E-state index contributed by atoms with van der Waals surface area (Å²) in [5, 5.41) is 7.16. The van der Waals surface area contributed by atoms with Crippen LogP contribution in [-0.2, 0) is 11.2 Å². The van der Waals surface area contributed by atoms with E-state index < -0.39 is 0 Å². The fourth-order valence-corrected chi connectivity index (χ4v) is 4.37. The van der Waals surface area contributed by atoms with Gasteiger partial charge in [0.1, 0.15) is 5.82 Å². The molecule has 6 nitrogen and oxygen atoms in total. The first-order valence-electron chi connectivity index (χ1n) is 11.2. The van der Waals surface area contributed by atoms with E-state index in [9.17, 15) is 4.79 Å². The van der Waals surface area contributed by atoms with Crippen LogP contribution in [0.15, 0.2) is 47.1 Å². The van der Waals surface area contributed by atoms with Crippen molar-refractivity contribution in [3.8, 4) is 11.3 Å². The zero-order valence-corrected chi connectivity index (χ0v) is 18.3. The summed E-state index contributed by atoms with van der Waals surface area (Å²) in [6.07, 6.45) is 7.47. The van der Waals surface area contributed by atoms with Gasteiger partial charge in [-0.15, -0.1) is 0 Å². The van der Waals surface area contributed by atoms with Crippen LogP contribution in [0.3, 0.4) is 0 Å². The summed E-state index contributed by atoms with van der Waals surface area (Å²) in [6, 6.07) is 12.1. The minimum absolute atomic E-state index is 0.139. The van der Waals surface area contributed by atoms with Crippen LogP contribution >= 0.6 is 0 Å². The van der Waals surface area contributed by atoms with Gasteiger partial charge in [-0.05, 0) is 57.4 Å². The van der Waals surface area contributed by atoms with Gasteiger partial charge in [0, 0.05) is 31.1 Å². The third kappa shape index (κ3) is 5.57. The summed E-state index contributed by atoms with van der Waals surface area (Å²) in [7, 11) is 0. The third-order valence-electron chi connectivity index (χ3n) is 6.14. The highest BCUT2D eigenvalue weighted by molar-refractivity contribution is 5.76. The van der Waals surface area contributed by atoms with Crippen LogP contribution in [0.5, 0.6) is 0 Å². The van der Waals surface area contributed by atoms with Gasteiger partial charge in [-0.25, -0.2) is 9.97 Å². The van der Waals surface area contributed by atoms with Crippen LogP contribution < -0.4 is 5.32 Å². The van der Waals surface area contributed by atoms with Crippen molar-refractivity contribution in [3.63, 3.8) is 0 Å². The molecule has 0 aliphatic heterocycles. The van der Waals surface area contributed by atoms with Gasteiger partial charge in [-0.1, -0.05) is 35.5 Å². The van der Waals surface area contributed by atoms with E-state index in [2.05, 4.69) is 27.6 Å². The van der Waals surface area contributed by atoms with Crippen molar-refractivity contribution in [2.75, 3.05) is 6.54 Å². The number of aryl methyl sites for hydroxylation is 3. The maximum Gasteiger partial charge on any atom is 0.220 e. The van der Waals surface area contributed by atoms with Crippen molar-refractivity contribution in [1.29, 1.82) is 0 Å². The second kappa shape index (κ2) is 9.86. The Labute approximate surface area is 183 Å². The standard InChI is InChI=1S/C25H30N4O2/c1-17-14-23(31-29-17)22-16-26-18(2)28-25(22)21-11-8-20(9-12-21)15-27-24(30)13-10-19-6-4-3-5-7-19/h3-7,14,16,20-21H,8-13,15H2,1-2H3,(H,27,30). The minimum Gasteiger partial charge on any atom is -0.356 e. The first kappa shape index (κ1) is 21.2. The lowest BCUT2D eigenvalue weighted by molar-refractivity contribution is -0.121. The molecule has 0 unspecified atom stereocenters. The molecule has 1 fully saturated rings. The first-order chi connectivity index (χ1) is 15.1. The van der Waals surface area contributed by atoms with Crippen molar-refractivity contribution in [1.82, 2.24) is 20.4 Å². The average Bonchev–Trinajstić information content (AvgIpc) is 3.23. The van der Waals surface area contributed by atoms with Crippen LogP contribution in [-0.4, -0.2) is 27.6 Å². The van der Waals surface area contributed by atoms with E-state index in [-0.39, 0.29) is 5.91 Å². The number of benzene rings is 1. The first-order valence-corrected chi connectivity index (χ1v) is 11.2. The van der Waals surface area contributed by atoms with Gasteiger partial charge in [0.05, 0.1) is 17.0 Å². The van der Waals surface area contributed by atoms with E-state index in [1.807, 2.05) is 44.3 Å². The highest BCUT2D eigenvalue weighted by Gasteiger charge is 2.27. The fraction of sp³-hybridized carbons (Fsp3) is 0.440. The Morgan fingerprint density at radius 1 is 1.13 bits per heavy atom. The molecule has 4 rings (SSSR count). The van der Waals surface area contributed by atoms with Crippen LogP contribution in [0.25, 0.3) is 11.3 Å². The van der Waals surface area contributed by atoms with Gasteiger partial charge in [0.25, 0.3) is 0 Å². The number of aromatic nitrogens is 3. The molecule has 0 radical (unpaired) electrons. The zero-order valence-electron chi connectivity index (χ0n) is 18.3. The number of carbonyl (C=O) groups excluding carboxylic acids is 1. The summed E-state index contributed by atoms with van der Waals surface area (Å²) in [4.78, 5) is 21.4. The lowest BCUT2D eigenvalue weighted by Crippen LogP contribution is -2.31. The van der Waals surface area contributed by atoms with E-state index in [0.29, 0.717) is 18.3 Å². The van der Waals surface area contributed by atoms with Crippen molar-refractivity contribution in [2.45, 2.75) is 58.3 Å². The molecule has 0 saturated heterocycles. The zero-order chi connectivity index (χ0) is 21.6. The second-order valence-corrected chi connectivity index (χ2v) is 8.56. The Morgan fingerprint density at radius 3 is 2.61 bits per heavy atom. The van der Waals surface area contributed by atoms with Crippen molar-refractivity contribution in [3.05, 3.63) is 65.4 Å².